The van der Waals surface area contributed by atoms with E-state index in [1.54, 1.807) is 6.33 Å². The van der Waals surface area contributed by atoms with Gasteiger partial charge in [0.1, 0.15) is 12.1 Å². The quantitative estimate of drug-likeness (QED) is 0.534. The van der Waals surface area contributed by atoms with Crippen molar-refractivity contribution in [1.29, 1.82) is 0 Å². The molecule has 2 heterocycles. The Balaban J connectivity index is 1.79. The van der Waals surface area contributed by atoms with E-state index in [1.165, 1.54) is 5.39 Å². The number of pyridine rings is 1. The molecular weight excluding hydrogens is 320 g/mol. The highest BCUT2D eigenvalue weighted by Crippen LogP contribution is 2.31. The first-order valence-corrected chi connectivity index (χ1v) is 9.04. The van der Waals surface area contributed by atoms with Crippen LogP contribution in [0.3, 0.4) is 0 Å². The molecular formula is C22H22N4. The molecule has 0 amide bonds. The van der Waals surface area contributed by atoms with Crippen molar-refractivity contribution in [3.63, 3.8) is 0 Å². The van der Waals surface area contributed by atoms with Crippen LogP contribution in [0.2, 0.25) is 0 Å². The molecule has 0 saturated heterocycles. The first-order chi connectivity index (χ1) is 12.7. The lowest BCUT2D eigenvalue weighted by atomic mass is 9.99. The zero-order chi connectivity index (χ0) is 17.9. The first-order valence-electron chi connectivity index (χ1n) is 9.04. The molecule has 4 aromatic rings. The van der Waals surface area contributed by atoms with E-state index >= 15 is 0 Å². The predicted molar refractivity (Wildman–Crippen MR) is 108 cm³/mol. The van der Waals surface area contributed by atoms with Gasteiger partial charge >= 0.3 is 0 Å². The van der Waals surface area contributed by atoms with Gasteiger partial charge < -0.3 is 5.32 Å². The van der Waals surface area contributed by atoms with Crippen LogP contribution in [-0.4, -0.2) is 21.5 Å². The van der Waals surface area contributed by atoms with Gasteiger partial charge in [0.25, 0.3) is 0 Å². The van der Waals surface area contributed by atoms with Gasteiger partial charge in [-0.25, -0.2) is 9.97 Å². The monoisotopic (exact) mass is 342 g/mol. The Kier molecular flexibility index (Phi) is 4.48. The molecule has 4 rings (SSSR count). The zero-order valence-corrected chi connectivity index (χ0v) is 15.1. The maximum absolute atomic E-state index is 4.46. The lowest BCUT2D eigenvalue weighted by Gasteiger charge is -2.11. The van der Waals surface area contributed by atoms with Gasteiger partial charge in [0.2, 0.25) is 0 Å². The van der Waals surface area contributed by atoms with Crippen LogP contribution >= 0.6 is 0 Å². The summed E-state index contributed by atoms with van der Waals surface area (Å²) in [5, 5.41) is 6.86. The normalized spacial score (nSPS) is 11.3. The summed E-state index contributed by atoms with van der Waals surface area (Å²) < 4.78 is 0. The molecule has 0 unspecified atom stereocenters. The maximum Gasteiger partial charge on any atom is 0.137 e. The van der Waals surface area contributed by atoms with Crippen molar-refractivity contribution >= 4 is 27.5 Å². The van der Waals surface area contributed by atoms with Crippen LogP contribution in [0.5, 0.6) is 0 Å². The Bertz CT molecular complexity index is 1050. The highest BCUT2D eigenvalue weighted by Gasteiger charge is 2.09. The van der Waals surface area contributed by atoms with E-state index in [1.807, 2.05) is 18.5 Å². The molecule has 1 N–H and O–H groups in total. The van der Waals surface area contributed by atoms with Gasteiger partial charge in [-0.1, -0.05) is 44.2 Å². The van der Waals surface area contributed by atoms with Crippen LogP contribution in [0.25, 0.3) is 32.8 Å². The SMILES string of the molecule is CC(C)CCNc1ncnc2ccc(-c3cncc4ccccc34)cc12. The van der Waals surface area contributed by atoms with Gasteiger partial charge in [-0.2, -0.15) is 0 Å². The number of nitrogens with zero attached hydrogens (tertiary/aromatic N) is 3. The molecule has 0 aliphatic carbocycles. The summed E-state index contributed by atoms with van der Waals surface area (Å²) in [6.45, 7) is 5.36. The average molecular weight is 342 g/mol. The number of hydrogen-bond donors (Lipinski definition) is 1. The van der Waals surface area contributed by atoms with Crippen LogP contribution < -0.4 is 5.32 Å². The van der Waals surface area contributed by atoms with Gasteiger partial charge in [0, 0.05) is 35.3 Å². The minimum atomic E-state index is 0.660. The minimum Gasteiger partial charge on any atom is -0.369 e. The number of hydrogen-bond acceptors (Lipinski definition) is 4. The van der Waals surface area contributed by atoms with Crippen molar-refractivity contribution in [3.05, 3.63) is 61.2 Å². The Labute approximate surface area is 153 Å². The van der Waals surface area contributed by atoms with Crippen LogP contribution in [-0.2, 0) is 0 Å². The van der Waals surface area contributed by atoms with Crippen LogP contribution in [0, 0.1) is 5.92 Å². The Morgan fingerprint density at radius 2 is 1.85 bits per heavy atom. The largest absolute Gasteiger partial charge is 0.369 e. The molecule has 0 atom stereocenters. The van der Waals surface area contributed by atoms with Crippen LogP contribution in [0.1, 0.15) is 20.3 Å². The highest BCUT2D eigenvalue weighted by molar-refractivity contribution is 5.99. The second kappa shape index (κ2) is 7.08. The van der Waals surface area contributed by atoms with Gasteiger partial charge in [-0.05, 0) is 35.4 Å². The molecule has 2 aromatic heterocycles. The average Bonchev–Trinajstić information content (AvgIpc) is 2.67. The molecule has 0 bridgehead atoms. The van der Waals surface area contributed by atoms with Crippen molar-refractivity contribution in [2.45, 2.75) is 20.3 Å². The van der Waals surface area contributed by atoms with Gasteiger partial charge in [-0.3, -0.25) is 4.98 Å². The number of fused-ring (bicyclic) bond motifs is 2. The smallest absolute Gasteiger partial charge is 0.137 e. The third-order valence-corrected chi connectivity index (χ3v) is 4.63. The van der Waals surface area contributed by atoms with Crippen molar-refractivity contribution in [3.8, 4) is 11.1 Å². The molecule has 130 valence electrons. The molecule has 0 radical (unpaired) electrons. The molecule has 4 heteroatoms. The van der Waals surface area contributed by atoms with Crippen LogP contribution in [0.15, 0.2) is 61.2 Å². The summed E-state index contributed by atoms with van der Waals surface area (Å²) in [4.78, 5) is 13.3. The van der Waals surface area contributed by atoms with E-state index in [2.05, 4.69) is 70.5 Å². The van der Waals surface area contributed by atoms with Crippen LogP contribution in [0.4, 0.5) is 5.82 Å². The molecule has 0 saturated carbocycles. The van der Waals surface area contributed by atoms with Gasteiger partial charge in [0.15, 0.2) is 0 Å². The Hall–Kier alpha value is -3.01. The third kappa shape index (κ3) is 3.23. The van der Waals surface area contributed by atoms with Crippen molar-refractivity contribution < 1.29 is 0 Å². The molecule has 0 spiro atoms. The number of rotatable bonds is 5. The fourth-order valence-electron chi connectivity index (χ4n) is 3.19. The third-order valence-electron chi connectivity index (χ3n) is 4.63. The molecule has 2 aromatic carbocycles. The molecule has 0 aliphatic heterocycles. The fraction of sp³-hybridized carbons (Fsp3) is 0.227. The molecule has 0 fully saturated rings. The second-order valence-electron chi connectivity index (χ2n) is 6.97. The molecule has 4 nitrogen and oxygen atoms in total. The van der Waals surface area contributed by atoms with Crippen molar-refractivity contribution in [2.75, 3.05) is 11.9 Å². The Morgan fingerprint density at radius 3 is 2.73 bits per heavy atom. The summed E-state index contributed by atoms with van der Waals surface area (Å²) in [7, 11) is 0. The van der Waals surface area contributed by atoms with E-state index in [4.69, 9.17) is 0 Å². The Morgan fingerprint density at radius 1 is 0.962 bits per heavy atom. The number of nitrogens with one attached hydrogen (secondary N) is 1. The number of aromatic nitrogens is 3. The van der Waals surface area contributed by atoms with E-state index in [0.717, 1.165) is 46.2 Å². The van der Waals surface area contributed by atoms with Crippen molar-refractivity contribution in [1.82, 2.24) is 15.0 Å². The summed E-state index contributed by atoms with van der Waals surface area (Å²) in [6.07, 6.45) is 6.57. The minimum absolute atomic E-state index is 0.660. The van der Waals surface area contributed by atoms with Gasteiger partial charge in [-0.15, -0.1) is 0 Å². The maximum atomic E-state index is 4.46. The second-order valence-corrected chi connectivity index (χ2v) is 6.97. The van der Waals surface area contributed by atoms with E-state index in [9.17, 15) is 0 Å². The molecule has 26 heavy (non-hydrogen) atoms. The molecule has 0 aliphatic rings. The summed E-state index contributed by atoms with van der Waals surface area (Å²) in [6, 6.07) is 14.7. The number of benzene rings is 2. The predicted octanol–water partition coefficient (Wildman–Crippen LogP) is 5.30. The summed E-state index contributed by atoms with van der Waals surface area (Å²) >= 11 is 0. The lowest BCUT2D eigenvalue weighted by Crippen LogP contribution is -2.06. The van der Waals surface area contributed by atoms with E-state index < -0.39 is 0 Å². The fourth-order valence-corrected chi connectivity index (χ4v) is 3.19. The standard InChI is InChI=1S/C22H22N4/c1-15(2)9-10-24-22-19-11-16(7-8-21(19)25-14-26-22)20-13-23-12-17-5-3-4-6-18(17)20/h3-8,11-15H,9-10H2,1-2H3,(H,24,25,26). The first kappa shape index (κ1) is 16.5. The van der Waals surface area contributed by atoms with Crippen molar-refractivity contribution in [2.24, 2.45) is 5.92 Å². The summed E-state index contributed by atoms with van der Waals surface area (Å²) in [5.41, 5.74) is 3.20. The van der Waals surface area contributed by atoms with E-state index in [-0.39, 0.29) is 0 Å². The number of anilines is 1. The lowest BCUT2D eigenvalue weighted by molar-refractivity contribution is 0.607. The van der Waals surface area contributed by atoms with E-state index in [0.29, 0.717) is 5.92 Å². The zero-order valence-electron chi connectivity index (χ0n) is 15.1. The van der Waals surface area contributed by atoms with Gasteiger partial charge in [0.05, 0.1) is 5.52 Å². The summed E-state index contributed by atoms with van der Waals surface area (Å²) in [5.74, 6) is 1.55. The topological polar surface area (TPSA) is 50.7 Å². The highest BCUT2D eigenvalue weighted by atomic mass is 15.0.